The summed E-state index contributed by atoms with van der Waals surface area (Å²) in [4.78, 5) is 14.5. The number of hydrogen-bond acceptors (Lipinski definition) is 4. The van der Waals surface area contributed by atoms with E-state index in [0.29, 0.717) is 12.1 Å². The minimum atomic E-state index is -2.37. The molecule has 1 aliphatic heterocycles. The SMILES string of the molecule is Cc1ccc(N(Cc2ccc(NC(=O)CCN3CCCCC3)cc2)S(=O)[O-])cc1. The molecule has 2 aromatic rings. The molecule has 29 heavy (non-hydrogen) atoms. The van der Waals surface area contributed by atoms with Crippen LogP contribution >= 0.6 is 0 Å². The molecule has 1 amide bonds. The van der Waals surface area contributed by atoms with Crippen molar-refractivity contribution < 1.29 is 13.6 Å². The molecule has 0 saturated carbocycles. The Labute approximate surface area is 175 Å². The highest BCUT2D eigenvalue weighted by Gasteiger charge is 2.12. The van der Waals surface area contributed by atoms with Crippen molar-refractivity contribution >= 4 is 28.5 Å². The summed E-state index contributed by atoms with van der Waals surface area (Å²) in [5.41, 5.74) is 3.27. The van der Waals surface area contributed by atoms with Gasteiger partial charge in [0.15, 0.2) is 0 Å². The van der Waals surface area contributed by atoms with Crippen LogP contribution in [0.4, 0.5) is 11.4 Å². The van der Waals surface area contributed by atoms with Crippen molar-refractivity contribution in [3.05, 3.63) is 59.7 Å². The van der Waals surface area contributed by atoms with Crippen molar-refractivity contribution in [3.8, 4) is 0 Å². The van der Waals surface area contributed by atoms with Crippen LogP contribution in [0.2, 0.25) is 0 Å². The molecule has 0 aromatic heterocycles. The van der Waals surface area contributed by atoms with Crippen LogP contribution in [0.25, 0.3) is 0 Å². The summed E-state index contributed by atoms with van der Waals surface area (Å²) in [5.74, 6) is 0.00488. The maximum atomic E-state index is 12.2. The Balaban J connectivity index is 1.53. The Bertz CT molecular complexity index is 818. The number of piperidine rings is 1. The van der Waals surface area contributed by atoms with Crippen molar-refractivity contribution in [2.45, 2.75) is 39.2 Å². The van der Waals surface area contributed by atoms with Gasteiger partial charge in [-0.15, -0.1) is 0 Å². The number of rotatable bonds is 8. The molecule has 1 saturated heterocycles. The molecule has 1 aliphatic rings. The fourth-order valence-corrected chi connectivity index (χ4v) is 4.01. The average Bonchev–Trinajstić information content (AvgIpc) is 2.73. The first-order valence-electron chi connectivity index (χ1n) is 10.1. The van der Waals surface area contributed by atoms with E-state index in [0.717, 1.165) is 36.4 Å². The van der Waals surface area contributed by atoms with Crippen LogP contribution in [0.1, 0.15) is 36.8 Å². The molecule has 1 fully saturated rings. The Hall–Kier alpha value is -2.22. The molecule has 0 spiro atoms. The maximum Gasteiger partial charge on any atom is 0.225 e. The van der Waals surface area contributed by atoms with Gasteiger partial charge < -0.3 is 14.8 Å². The predicted molar refractivity (Wildman–Crippen MR) is 116 cm³/mol. The first-order valence-corrected chi connectivity index (χ1v) is 11.1. The van der Waals surface area contributed by atoms with Gasteiger partial charge in [0, 0.05) is 35.6 Å². The minimum absolute atomic E-state index is 0.00488. The predicted octanol–water partition coefficient (Wildman–Crippen LogP) is 3.61. The molecule has 6 nitrogen and oxygen atoms in total. The Kier molecular flexibility index (Phi) is 7.80. The number of anilines is 2. The molecule has 2 aromatic carbocycles. The first-order chi connectivity index (χ1) is 14.0. The summed E-state index contributed by atoms with van der Waals surface area (Å²) in [7, 11) is 0. The Morgan fingerprint density at radius 2 is 1.72 bits per heavy atom. The number of benzene rings is 2. The molecule has 1 atom stereocenters. The summed E-state index contributed by atoms with van der Waals surface area (Å²) in [5, 5.41) is 2.92. The standard InChI is InChI=1S/C22H29N3O3S/c1-18-5-11-21(12-6-18)25(29(27)28)17-19-7-9-20(10-8-19)23-22(26)13-16-24-14-3-2-4-15-24/h5-12H,2-4,13-17H2,1H3,(H,23,26)(H,27,28)/p-1. The smallest absolute Gasteiger partial charge is 0.225 e. The van der Waals surface area contributed by atoms with E-state index >= 15 is 0 Å². The van der Waals surface area contributed by atoms with E-state index in [1.807, 2.05) is 43.3 Å². The summed E-state index contributed by atoms with van der Waals surface area (Å²) in [6.07, 6.45) is 4.21. The van der Waals surface area contributed by atoms with Gasteiger partial charge in [0.25, 0.3) is 0 Å². The lowest BCUT2D eigenvalue weighted by Gasteiger charge is -2.26. The molecule has 1 N–H and O–H groups in total. The number of carbonyl (C=O) groups excluding carboxylic acids is 1. The second-order valence-corrected chi connectivity index (χ2v) is 8.36. The van der Waals surface area contributed by atoms with Gasteiger partial charge >= 0.3 is 0 Å². The molecule has 1 unspecified atom stereocenters. The lowest BCUT2D eigenvalue weighted by Crippen LogP contribution is -2.32. The van der Waals surface area contributed by atoms with Crippen molar-refractivity contribution in [1.82, 2.24) is 4.90 Å². The molecule has 156 valence electrons. The number of amides is 1. The van der Waals surface area contributed by atoms with Crippen molar-refractivity contribution in [3.63, 3.8) is 0 Å². The summed E-state index contributed by atoms with van der Waals surface area (Å²) in [6, 6.07) is 14.7. The van der Waals surface area contributed by atoms with Gasteiger partial charge in [0.1, 0.15) is 0 Å². The monoisotopic (exact) mass is 414 g/mol. The summed E-state index contributed by atoms with van der Waals surface area (Å²) < 4.78 is 24.6. The number of carbonyl (C=O) groups is 1. The second kappa shape index (κ2) is 10.5. The van der Waals surface area contributed by atoms with E-state index in [9.17, 15) is 13.6 Å². The Morgan fingerprint density at radius 3 is 2.34 bits per heavy atom. The van der Waals surface area contributed by atoms with E-state index in [4.69, 9.17) is 0 Å². The fourth-order valence-electron chi connectivity index (χ4n) is 3.47. The number of nitrogens with zero attached hydrogens (tertiary/aromatic N) is 2. The zero-order valence-electron chi connectivity index (χ0n) is 16.8. The van der Waals surface area contributed by atoms with Crippen molar-refractivity contribution in [2.24, 2.45) is 0 Å². The molecule has 0 bridgehead atoms. The van der Waals surface area contributed by atoms with Gasteiger partial charge in [-0.25, -0.2) is 0 Å². The van der Waals surface area contributed by atoms with Crippen molar-refractivity contribution in [2.75, 3.05) is 29.3 Å². The molecule has 7 heteroatoms. The third-order valence-electron chi connectivity index (χ3n) is 5.17. The largest absolute Gasteiger partial charge is 0.755 e. The maximum absolute atomic E-state index is 12.2. The molecule has 1 heterocycles. The van der Waals surface area contributed by atoms with Gasteiger partial charge in [-0.2, -0.15) is 0 Å². The second-order valence-electron chi connectivity index (χ2n) is 7.49. The number of aryl methyl sites for hydroxylation is 1. The van der Waals surface area contributed by atoms with E-state index in [2.05, 4.69) is 10.2 Å². The van der Waals surface area contributed by atoms with Crippen LogP contribution in [-0.4, -0.2) is 39.2 Å². The zero-order valence-corrected chi connectivity index (χ0v) is 17.6. The van der Waals surface area contributed by atoms with Crippen LogP contribution in [0.3, 0.4) is 0 Å². The highest BCUT2D eigenvalue weighted by Crippen LogP contribution is 2.20. The molecular formula is C22H28N3O3S-. The van der Waals surface area contributed by atoms with Crippen LogP contribution in [-0.2, 0) is 22.6 Å². The fraction of sp³-hybridized carbons (Fsp3) is 0.409. The topological polar surface area (TPSA) is 75.7 Å². The lowest BCUT2D eigenvalue weighted by molar-refractivity contribution is -0.116. The Morgan fingerprint density at radius 1 is 1.07 bits per heavy atom. The third-order valence-corrected chi connectivity index (χ3v) is 5.87. The summed E-state index contributed by atoms with van der Waals surface area (Å²) >= 11 is -2.37. The first kappa shape index (κ1) is 21.5. The number of nitrogens with one attached hydrogen (secondary N) is 1. The van der Waals surface area contributed by atoms with E-state index in [1.165, 1.54) is 23.6 Å². The van der Waals surface area contributed by atoms with Crippen LogP contribution in [0.5, 0.6) is 0 Å². The molecule has 0 radical (unpaired) electrons. The lowest BCUT2D eigenvalue weighted by atomic mass is 10.1. The number of likely N-dealkylation sites (tertiary alicyclic amines) is 1. The van der Waals surface area contributed by atoms with Crippen LogP contribution in [0.15, 0.2) is 48.5 Å². The van der Waals surface area contributed by atoms with Gasteiger partial charge in [-0.3, -0.25) is 13.3 Å². The quantitative estimate of drug-likeness (QED) is 0.670. The number of hydrogen-bond donors (Lipinski definition) is 1. The highest BCUT2D eigenvalue weighted by molar-refractivity contribution is 7.80. The molecule has 0 aliphatic carbocycles. The normalized spacial score (nSPS) is 15.7. The van der Waals surface area contributed by atoms with Gasteiger partial charge in [-0.05, 0) is 62.7 Å². The highest BCUT2D eigenvalue weighted by atomic mass is 32.2. The van der Waals surface area contributed by atoms with Gasteiger partial charge in [0.05, 0.1) is 6.54 Å². The average molecular weight is 415 g/mol. The summed E-state index contributed by atoms with van der Waals surface area (Å²) in [6.45, 7) is 5.16. The van der Waals surface area contributed by atoms with Crippen molar-refractivity contribution in [1.29, 1.82) is 0 Å². The molecular weight excluding hydrogens is 386 g/mol. The van der Waals surface area contributed by atoms with E-state index < -0.39 is 11.3 Å². The van der Waals surface area contributed by atoms with Crippen LogP contribution in [0, 0.1) is 6.92 Å². The van der Waals surface area contributed by atoms with E-state index in [-0.39, 0.29) is 12.5 Å². The van der Waals surface area contributed by atoms with Crippen LogP contribution < -0.4 is 9.62 Å². The van der Waals surface area contributed by atoms with E-state index in [1.54, 1.807) is 12.1 Å². The third kappa shape index (κ3) is 6.66. The molecule has 3 rings (SSSR count). The van der Waals surface area contributed by atoms with Gasteiger partial charge in [0.2, 0.25) is 5.91 Å². The zero-order chi connectivity index (χ0) is 20.6. The minimum Gasteiger partial charge on any atom is -0.755 e. The van der Waals surface area contributed by atoms with Gasteiger partial charge in [-0.1, -0.05) is 36.2 Å².